The molecule has 3 nitrogen and oxygen atoms in total. The fourth-order valence-electron chi connectivity index (χ4n) is 2.19. The first-order valence-corrected chi connectivity index (χ1v) is 6.26. The maximum atomic E-state index is 13.2. The van der Waals surface area contributed by atoms with E-state index in [1.165, 1.54) is 12.1 Å². The van der Waals surface area contributed by atoms with Crippen molar-refractivity contribution < 1.29 is 13.5 Å². The van der Waals surface area contributed by atoms with Crippen LogP contribution in [0.5, 0.6) is 5.75 Å². The molecule has 0 fully saturated rings. The zero-order valence-corrected chi connectivity index (χ0v) is 11.0. The largest absolute Gasteiger partial charge is 0.497 e. The molecule has 1 aromatic heterocycles. The second kappa shape index (κ2) is 4.98. The van der Waals surface area contributed by atoms with E-state index in [1.807, 2.05) is 24.3 Å². The summed E-state index contributed by atoms with van der Waals surface area (Å²) in [6, 6.07) is 13.2. The molecule has 0 aliphatic rings. The van der Waals surface area contributed by atoms with Crippen LogP contribution in [0.4, 0.5) is 4.39 Å². The lowest BCUT2D eigenvalue weighted by Crippen LogP contribution is -2.10. The normalized spacial score (nSPS) is 12.6. The molecule has 4 heteroatoms. The second-order valence-corrected chi connectivity index (χ2v) is 4.59. The van der Waals surface area contributed by atoms with E-state index in [2.05, 4.69) is 0 Å². The Hall–Kier alpha value is -2.33. The molecule has 0 saturated carbocycles. The number of ether oxygens (including phenoxy) is 1. The number of hydrogen-bond donors (Lipinski definition) is 1. The molecule has 0 aliphatic heterocycles. The summed E-state index contributed by atoms with van der Waals surface area (Å²) in [6.45, 7) is 0. The third kappa shape index (κ3) is 2.26. The van der Waals surface area contributed by atoms with Gasteiger partial charge in [0.25, 0.3) is 0 Å². The third-order valence-electron chi connectivity index (χ3n) is 3.26. The second-order valence-electron chi connectivity index (χ2n) is 4.59. The molecule has 1 heterocycles. The zero-order chi connectivity index (χ0) is 14.1. The first-order valence-electron chi connectivity index (χ1n) is 6.26. The number of fused-ring (bicyclic) bond motifs is 1. The van der Waals surface area contributed by atoms with E-state index < -0.39 is 6.04 Å². The van der Waals surface area contributed by atoms with E-state index in [-0.39, 0.29) is 5.82 Å². The highest BCUT2D eigenvalue weighted by Gasteiger charge is 2.15. The van der Waals surface area contributed by atoms with Crippen LogP contribution in [-0.2, 0) is 0 Å². The lowest BCUT2D eigenvalue weighted by atomic mass is 10.0. The molecule has 2 N–H and O–H groups in total. The third-order valence-corrected chi connectivity index (χ3v) is 3.26. The minimum atomic E-state index is -0.416. The van der Waals surface area contributed by atoms with Crippen LogP contribution in [0.1, 0.15) is 17.4 Å². The van der Waals surface area contributed by atoms with Crippen LogP contribution >= 0.6 is 0 Å². The maximum Gasteiger partial charge on any atom is 0.134 e. The Morgan fingerprint density at radius 2 is 2.00 bits per heavy atom. The van der Waals surface area contributed by atoms with Gasteiger partial charge in [0.05, 0.1) is 13.2 Å². The molecule has 0 radical (unpaired) electrons. The topological polar surface area (TPSA) is 48.4 Å². The van der Waals surface area contributed by atoms with E-state index in [1.54, 1.807) is 19.2 Å². The van der Waals surface area contributed by atoms with Crippen LogP contribution in [0.15, 0.2) is 52.9 Å². The maximum absolute atomic E-state index is 13.2. The first-order chi connectivity index (χ1) is 9.67. The van der Waals surface area contributed by atoms with Gasteiger partial charge in [-0.2, -0.15) is 0 Å². The van der Waals surface area contributed by atoms with Gasteiger partial charge in [-0.15, -0.1) is 0 Å². The Labute approximate surface area is 115 Å². The van der Waals surface area contributed by atoms with Crippen LogP contribution in [-0.4, -0.2) is 7.11 Å². The minimum Gasteiger partial charge on any atom is -0.497 e. The predicted molar refractivity (Wildman–Crippen MR) is 75.2 cm³/mol. The van der Waals surface area contributed by atoms with Gasteiger partial charge in [-0.1, -0.05) is 12.1 Å². The molecule has 3 aromatic rings. The number of nitrogens with two attached hydrogens (primary N) is 1. The number of furan rings is 1. The minimum absolute atomic E-state index is 0.292. The van der Waals surface area contributed by atoms with Gasteiger partial charge in [0.2, 0.25) is 0 Å². The van der Waals surface area contributed by atoms with Crippen molar-refractivity contribution in [3.8, 4) is 5.75 Å². The predicted octanol–water partition coefficient (Wildman–Crippen LogP) is 3.63. The van der Waals surface area contributed by atoms with Gasteiger partial charge in [0, 0.05) is 5.39 Å². The van der Waals surface area contributed by atoms with Crippen molar-refractivity contribution in [3.63, 3.8) is 0 Å². The van der Waals surface area contributed by atoms with Crippen LogP contribution in [0.25, 0.3) is 11.0 Å². The molecular formula is C16H14FNO2. The van der Waals surface area contributed by atoms with Crippen molar-refractivity contribution in [3.05, 3.63) is 65.7 Å². The molecule has 0 saturated heterocycles. The van der Waals surface area contributed by atoms with Crippen molar-refractivity contribution in [2.45, 2.75) is 6.04 Å². The smallest absolute Gasteiger partial charge is 0.134 e. The molecule has 20 heavy (non-hydrogen) atoms. The Balaban J connectivity index is 2.00. The molecule has 2 aromatic carbocycles. The highest BCUT2D eigenvalue weighted by atomic mass is 19.1. The molecule has 3 rings (SSSR count). The van der Waals surface area contributed by atoms with Gasteiger partial charge in [-0.3, -0.25) is 0 Å². The number of hydrogen-bond acceptors (Lipinski definition) is 3. The van der Waals surface area contributed by atoms with E-state index in [0.717, 1.165) is 11.3 Å². The summed E-state index contributed by atoms with van der Waals surface area (Å²) >= 11 is 0. The molecule has 0 bridgehead atoms. The van der Waals surface area contributed by atoms with Crippen molar-refractivity contribution in [1.29, 1.82) is 0 Å². The molecule has 102 valence electrons. The molecule has 0 aliphatic carbocycles. The van der Waals surface area contributed by atoms with Crippen LogP contribution < -0.4 is 10.5 Å². The Morgan fingerprint density at radius 3 is 2.80 bits per heavy atom. The summed E-state index contributed by atoms with van der Waals surface area (Å²) in [7, 11) is 1.61. The summed E-state index contributed by atoms with van der Waals surface area (Å²) in [5.74, 6) is 1.04. The SMILES string of the molecule is COc1cccc(C(N)c2cc3cc(F)ccc3o2)c1. The fraction of sp³-hybridized carbons (Fsp3) is 0.125. The summed E-state index contributed by atoms with van der Waals surface area (Å²) in [6.07, 6.45) is 0. The fourth-order valence-corrected chi connectivity index (χ4v) is 2.19. The number of rotatable bonds is 3. The molecule has 0 spiro atoms. The van der Waals surface area contributed by atoms with E-state index in [9.17, 15) is 4.39 Å². The zero-order valence-electron chi connectivity index (χ0n) is 11.0. The first kappa shape index (κ1) is 12.7. The molecule has 0 amide bonds. The molecular weight excluding hydrogens is 257 g/mol. The van der Waals surface area contributed by atoms with Crippen LogP contribution in [0.3, 0.4) is 0 Å². The van der Waals surface area contributed by atoms with Gasteiger partial charge < -0.3 is 14.9 Å². The number of methoxy groups -OCH3 is 1. The van der Waals surface area contributed by atoms with Crippen molar-refractivity contribution in [1.82, 2.24) is 0 Å². The summed E-state index contributed by atoms with van der Waals surface area (Å²) < 4.78 is 24.0. The van der Waals surface area contributed by atoms with Crippen molar-refractivity contribution in [2.75, 3.05) is 7.11 Å². The number of halogens is 1. The van der Waals surface area contributed by atoms with Crippen molar-refractivity contribution >= 4 is 11.0 Å². The van der Waals surface area contributed by atoms with E-state index in [0.29, 0.717) is 16.7 Å². The lowest BCUT2D eigenvalue weighted by Gasteiger charge is -2.10. The van der Waals surface area contributed by atoms with Gasteiger partial charge >= 0.3 is 0 Å². The quantitative estimate of drug-likeness (QED) is 0.791. The summed E-state index contributed by atoms with van der Waals surface area (Å²) in [4.78, 5) is 0. The lowest BCUT2D eigenvalue weighted by molar-refractivity contribution is 0.413. The highest BCUT2D eigenvalue weighted by molar-refractivity contribution is 5.78. The van der Waals surface area contributed by atoms with Gasteiger partial charge in [-0.25, -0.2) is 4.39 Å². The summed E-state index contributed by atoms with van der Waals surface area (Å²) in [5.41, 5.74) is 7.70. The van der Waals surface area contributed by atoms with Gasteiger partial charge in [0.15, 0.2) is 0 Å². The standard InChI is InChI=1S/C16H14FNO2/c1-19-13-4-2-3-10(8-13)16(18)15-9-11-7-12(17)5-6-14(11)20-15/h2-9,16H,18H2,1H3. The van der Waals surface area contributed by atoms with E-state index >= 15 is 0 Å². The van der Waals surface area contributed by atoms with Crippen molar-refractivity contribution in [2.24, 2.45) is 5.73 Å². The van der Waals surface area contributed by atoms with E-state index in [4.69, 9.17) is 14.9 Å². The van der Waals surface area contributed by atoms with Gasteiger partial charge in [-0.05, 0) is 42.0 Å². The van der Waals surface area contributed by atoms with Crippen LogP contribution in [0.2, 0.25) is 0 Å². The average molecular weight is 271 g/mol. The summed E-state index contributed by atoms with van der Waals surface area (Å²) in [5, 5.41) is 0.707. The Kier molecular flexibility index (Phi) is 3.16. The monoisotopic (exact) mass is 271 g/mol. The average Bonchev–Trinajstić information content (AvgIpc) is 2.89. The molecule has 1 atom stereocenters. The molecule has 1 unspecified atom stereocenters. The number of benzene rings is 2. The Morgan fingerprint density at radius 1 is 1.15 bits per heavy atom. The van der Waals surface area contributed by atoms with Crippen LogP contribution in [0, 0.1) is 5.82 Å². The van der Waals surface area contributed by atoms with Gasteiger partial charge in [0.1, 0.15) is 22.9 Å². The Bertz CT molecular complexity index is 751. The highest BCUT2D eigenvalue weighted by Crippen LogP contribution is 2.28.